The number of amides is 1. The Morgan fingerprint density at radius 1 is 1.35 bits per heavy atom. The van der Waals surface area contributed by atoms with Crippen molar-refractivity contribution in [2.75, 3.05) is 5.32 Å². The van der Waals surface area contributed by atoms with Crippen molar-refractivity contribution in [3.05, 3.63) is 45.7 Å². The summed E-state index contributed by atoms with van der Waals surface area (Å²) in [5.74, 6) is -0.341. The lowest BCUT2D eigenvalue weighted by Crippen LogP contribution is -2.19. The molecule has 1 amide bonds. The number of aryl methyl sites for hydroxylation is 3. The second kappa shape index (κ2) is 5.67. The van der Waals surface area contributed by atoms with Crippen LogP contribution >= 0.6 is 11.6 Å². The molecule has 20 heavy (non-hydrogen) atoms. The molecule has 0 aliphatic heterocycles. The van der Waals surface area contributed by atoms with E-state index in [4.69, 9.17) is 11.6 Å². The Bertz CT molecular complexity index is 629. The average molecular weight is 292 g/mol. The van der Waals surface area contributed by atoms with E-state index in [0.717, 1.165) is 22.5 Å². The Labute approximate surface area is 123 Å². The van der Waals surface area contributed by atoms with Crippen molar-refractivity contribution in [3.63, 3.8) is 0 Å². The number of anilines is 1. The number of carbonyl (C=O) groups excluding carboxylic acids is 1. The van der Waals surface area contributed by atoms with E-state index in [1.165, 1.54) is 0 Å². The van der Waals surface area contributed by atoms with Crippen LogP contribution in [0.4, 0.5) is 5.69 Å². The van der Waals surface area contributed by atoms with E-state index in [1.807, 2.05) is 39.8 Å². The molecule has 1 atom stereocenters. The van der Waals surface area contributed by atoms with Crippen LogP contribution in [0, 0.1) is 20.8 Å². The molecule has 1 aromatic carbocycles. The van der Waals surface area contributed by atoms with Gasteiger partial charge in [0.1, 0.15) is 0 Å². The third-order valence-electron chi connectivity index (χ3n) is 3.45. The smallest absolute Gasteiger partial charge is 0.231 e. The lowest BCUT2D eigenvalue weighted by Gasteiger charge is -2.13. The van der Waals surface area contributed by atoms with Gasteiger partial charge in [0.05, 0.1) is 11.6 Å². The largest absolute Gasteiger partial charge is 0.326 e. The van der Waals surface area contributed by atoms with E-state index in [2.05, 4.69) is 15.5 Å². The lowest BCUT2D eigenvalue weighted by molar-refractivity contribution is -0.117. The number of hydrogen-bond acceptors (Lipinski definition) is 2. The Morgan fingerprint density at radius 3 is 2.60 bits per heavy atom. The highest BCUT2D eigenvalue weighted by Crippen LogP contribution is 2.24. The molecule has 0 fully saturated rings. The van der Waals surface area contributed by atoms with Gasteiger partial charge < -0.3 is 5.32 Å². The average Bonchev–Trinajstić information content (AvgIpc) is 2.72. The summed E-state index contributed by atoms with van der Waals surface area (Å²) < 4.78 is 0. The third-order valence-corrected chi connectivity index (χ3v) is 3.86. The Hall–Kier alpha value is -1.81. The number of aromatic nitrogens is 2. The first-order chi connectivity index (χ1) is 9.40. The Morgan fingerprint density at radius 2 is 2.05 bits per heavy atom. The number of carbonyl (C=O) groups is 1. The molecule has 2 N–H and O–H groups in total. The summed E-state index contributed by atoms with van der Waals surface area (Å²) in [7, 11) is 0. The molecule has 0 radical (unpaired) electrons. The number of nitrogens with one attached hydrogen (secondary N) is 2. The van der Waals surface area contributed by atoms with Gasteiger partial charge in [-0.15, -0.1) is 0 Å². The first-order valence-corrected chi connectivity index (χ1v) is 6.86. The molecule has 1 heterocycles. The third kappa shape index (κ3) is 2.85. The molecule has 106 valence electrons. The van der Waals surface area contributed by atoms with Crippen molar-refractivity contribution in [1.29, 1.82) is 0 Å². The fraction of sp³-hybridized carbons (Fsp3) is 0.333. The predicted molar refractivity (Wildman–Crippen MR) is 81.3 cm³/mol. The summed E-state index contributed by atoms with van der Waals surface area (Å²) in [6, 6.07) is 5.49. The van der Waals surface area contributed by atoms with Crippen LogP contribution in [0.25, 0.3) is 0 Å². The van der Waals surface area contributed by atoms with Crippen LogP contribution in [0.1, 0.15) is 35.4 Å². The summed E-state index contributed by atoms with van der Waals surface area (Å²) in [4.78, 5) is 12.3. The standard InChI is InChI=1S/C15H18ClN3O/c1-8-5-6-12(7-13(8)16)17-15(20)9(2)14-10(3)18-19-11(14)4/h5-7,9H,1-4H3,(H,17,20)(H,18,19). The summed E-state index contributed by atoms with van der Waals surface area (Å²) >= 11 is 6.06. The number of rotatable bonds is 3. The zero-order valence-electron chi connectivity index (χ0n) is 12.0. The van der Waals surface area contributed by atoms with Crippen molar-refractivity contribution in [3.8, 4) is 0 Å². The topological polar surface area (TPSA) is 57.8 Å². The fourth-order valence-corrected chi connectivity index (χ4v) is 2.43. The van der Waals surface area contributed by atoms with E-state index in [9.17, 15) is 4.79 Å². The van der Waals surface area contributed by atoms with E-state index in [0.29, 0.717) is 10.7 Å². The molecule has 0 spiro atoms. The van der Waals surface area contributed by atoms with Gasteiger partial charge in [0, 0.05) is 22.0 Å². The highest BCUT2D eigenvalue weighted by atomic mass is 35.5. The Balaban J connectivity index is 2.17. The van der Waals surface area contributed by atoms with Crippen LogP contribution < -0.4 is 5.32 Å². The van der Waals surface area contributed by atoms with Crippen molar-refractivity contribution >= 4 is 23.2 Å². The minimum Gasteiger partial charge on any atom is -0.326 e. The summed E-state index contributed by atoms with van der Waals surface area (Å²) in [5, 5.41) is 10.6. The normalized spacial score (nSPS) is 12.2. The number of aromatic amines is 1. The van der Waals surface area contributed by atoms with E-state index in [1.54, 1.807) is 6.07 Å². The van der Waals surface area contributed by atoms with Gasteiger partial charge in [-0.1, -0.05) is 17.7 Å². The number of nitrogens with zero attached hydrogens (tertiary/aromatic N) is 1. The number of benzene rings is 1. The highest BCUT2D eigenvalue weighted by Gasteiger charge is 2.21. The summed E-state index contributed by atoms with van der Waals surface area (Å²) in [5.41, 5.74) is 4.41. The van der Waals surface area contributed by atoms with Crippen molar-refractivity contribution in [1.82, 2.24) is 10.2 Å². The van der Waals surface area contributed by atoms with E-state index < -0.39 is 0 Å². The van der Waals surface area contributed by atoms with Gasteiger partial charge in [0.25, 0.3) is 0 Å². The van der Waals surface area contributed by atoms with Gasteiger partial charge in [0.2, 0.25) is 5.91 Å². The SMILES string of the molecule is Cc1ccc(NC(=O)C(C)c2c(C)n[nH]c2C)cc1Cl. The van der Waals surface area contributed by atoms with Crippen LogP contribution in [0.15, 0.2) is 18.2 Å². The number of halogens is 1. The van der Waals surface area contributed by atoms with Crippen LogP contribution in [-0.2, 0) is 4.79 Å². The molecule has 0 aliphatic carbocycles. The lowest BCUT2D eigenvalue weighted by atomic mass is 9.98. The van der Waals surface area contributed by atoms with Crippen LogP contribution in [0.5, 0.6) is 0 Å². The molecule has 0 aliphatic rings. The molecule has 0 saturated carbocycles. The van der Waals surface area contributed by atoms with Crippen molar-refractivity contribution in [2.24, 2.45) is 0 Å². The van der Waals surface area contributed by atoms with Crippen LogP contribution in [0.3, 0.4) is 0 Å². The molecule has 5 heteroatoms. The maximum Gasteiger partial charge on any atom is 0.231 e. The predicted octanol–water partition coefficient (Wildman–Crippen LogP) is 3.73. The van der Waals surface area contributed by atoms with Gasteiger partial charge in [-0.2, -0.15) is 5.10 Å². The number of H-pyrrole nitrogens is 1. The van der Waals surface area contributed by atoms with E-state index >= 15 is 0 Å². The van der Waals surface area contributed by atoms with Gasteiger partial charge >= 0.3 is 0 Å². The molecule has 0 bridgehead atoms. The van der Waals surface area contributed by atoms with Gasteiger partial charge in [-0.3, -0.25) is 9.89 Å². The minimum absolute atomic E-state index is 0.0717. The monoisotopic (exact) mass is 291 g/mol. The summed E-state index contributed by atoms with van der Waals surface area (Å²) in [6.07, 6.45) is 0. The molecule has 2 rings (SSSR count). The van der Waals surface area contributed by atoms with Crippen molar-refractivity contribution in [2.45, 2.75) is 33.6 Å². The summed E-state index contributed by atoms with van der Waals surface area (Å²) in [6.45, 7) is 7.61. The fourth-order valence-electron chi connectivity index (χ4n) is 2.25. The zero-order chi connectivity index (χ0) is 14.9. The number of hydrogen-bond donors (Lipinski definition) is 2. The highest BCUT2D eigenvalue weighted by molar-refractivity contribution is 6.31. The molecular formula is C15H18ClN3O. The van der Waals surface area contributed by atoms with Gasteiger partial charge in [-0.05, 0) is 45.4 Å². The van der Waals surface area contributed by atoms with Gasteiger partial charge in [0.15, 0.2) is 0 Å². The Kier molecular flexibility index (Phi) is 4.14. The van der Waals surface area contributed by atoms with Gasteiger partial charge in [-0.25, -0.2) is 0 Å². The molecule has 4 nitrogen and oxygen atoms in total. The molecule has 0 saturated heterocycles. The second-order valence-electron chi connectivity index (χ2n) is 5.02. The van der Waals surface area contributed by atoms with Crippen LogP contribution in [-0.4, -0.2) is 16.1 Å². The molecule has 2 aromatic rings. The quantitative estimate of drug-likeness (QED) is 0.905. The first kappa shape index (κ1) is 14.6. The molecule has 1 unspecified atom stereocenters. The van der Waals surface area contributed by atoms with Crippen molar-refractivity contribution < 1.29 is 4.79 Å². The second-order valence-corrected chi connectivity index (χ2v) is 5.43. The molecule has 1 aromatic heterocycles. The van der Waals surface area contributed by atoms with Crippen LogP contribution in [0.2, 0.25) is 5.02 Å². The zero-order valence-corrected chi connectivity index (χ0v) is 12.8. The maximum absolute atomic E-state index is 12.3. The minimum atomic E-state index is -0.270. The maximum atomic E-state index is 12.3. The van der Waals surface area contributed by atoms with E-state index in [-0.39, 0.29) is 11.8 Å². The first-order valence-electron chi connectivity index (χ1n) is 6.48. The molecular weight excluding hydrogens is 274 g/mol.